The Labute approximate surface area is 150 Å². The van der Waals surface area contributed by atoms with Crippen LogP contribution in [-0.4, -0.2) is 46.7 Å². The first-order valence-corrected chi connectivity index (χ1v) is 9.81. The van der Waals surface area contributed by atoms with Gasteiger partial charge in [-0.25, -0.2) is 13.1 Å². The quantitative estimate of drug-likeness (QED) is 0.657. The lowest BCUT2D eigenvalue weighted by Crippen LogP contribution is -2.34. The maximum absolute atomic E-state index is 12.2. The van der Waals surface area contributed by atoms with E-state index in [0.717, 1.165) is 32.4 Å². The zero-order valence-corrected chi connectivity index (χ0v) is 14.9. The predicted octanol–water partition coefficient (Wildman–Crippen LogP) is 1.65. The molecule has 26 heavy (non-hydrogen) atoms. The number of hydrogen-bond donors (Lipinski definition) is 3. The maximum atomic E-state index is 12.2. The van der Waals surface area contributed by atoms with Gasteiger partial charge < -0.3 is 10.6 Å². The van der Waals surface area contributed by atoms with Crippen molar-refractivity contribution in [2.24, 2.45) is 5.92 Å². The molecule has 6 nitrogen and oxygen atoms in total. The van der Waals surface area contributed by atoms with Gasteiger partial charge in [-0.05, 0) is 62.5 Å². The molecular formula is C16H22F3N3O3S. The van der Waals surface area contributed by atoms with Crippen molar-refractivity contribution in [2.75, 3.05) is 26.2 Å². The van der Waals surface area contributed by atoms with Gasteiger partial charge in [0.1, 0.15) is 6.54 Å². The van der Waals surface area contributed by atoms with Crippen LogP contribution < -0.4 is 15.4 Å². The Balaban J connectivity index is 1.88. The molecule has 1 fully saturated rings. The first kappa shape index (κ1) is 20.7. The molecule has 10 heteroatoms. The van der Waals surface area contributed by atoms with E-state index in [0.29, 0.717) is 12.5 Å². The van der Waals surface area contributed by atoms with Gasteiger partial charge >= 0.3 is 6.18 Å². The molecule has 146 valence electrons. The molecule has 0 spiro atoms. The zero-order chi connectivity index (χ0) is 19.2. The average molecular weight is 393 g/mol. The van der Waals surface area contributed by atoms with Crippen LogP contribution in [0.3, 0.4) is 0 Å². The molecule has 1 saturated heterocycles. The van der Waals surface area contributed by atoms with E-state index in [2.05, 4.69) is 10.0 Å². The molecule has 3 N–H and O–H groups in total. The van der Waals surface area contributed by atoms with Gasteiger partial charge in [0.15, 0.2) is 0 Å². The molecule has 0 radical (unpaired) electrons. The van der Waals surface area contributed by atoms with E-state index in [1.807, 2.05) is 0 Å². The number of halogens is 3. The summed E-state index contributed by atoms with van der Waals surface area (Å²) in [5.41, 5.74) is -0.0403. The smallest absolute Gasteiger partial charge is 0.343 e. The van der Waals surface area contributed by atoms with E-state index in [1.165, 1.54) is 24.3 Å². The predicted molar refractivity (Wildman–Crippen MR) is 90.2 cm³/mol. The second kappa shape index (κ2) is 8.83. The summed E-state index contributed by atoms with van der Waals surface area (Å²) in [6.07, 6.45) is -1.63. The average Bonchev–Trinajstić information content (AvgIpc) is 2.60. The van der Waals surface area contributed by atoms with E-state index in [-0.39, 0.29) is 10.5 Å². The van der Waals surface area contributed by atoms with Crippen LogP contribution in [-0.2, 0) is 10.0 Å². The van der Waals surface area contributed by atoms with Gasteiger partial charge in [0, 0.05) is 12.1 Å². The highest BCUT2D eigenvalue weighted by atomic mass is 32.2. The van der Waals surface area contributed by atoms with Crippen molar-refractivity contribution in [3.05, 3.63) is 29.8 Å². The number of sulfonamides is 1. The second-order valence-electron chi connectivity index (χ2n) is 6.22. The molecule has 2 rings (SSSR count). The molecule has 0 aliphatic carbocycles. The van der Waals surface area contributed by atoms with Crippen molar-refractivity contribution < 1.29 is 26.4 Å². The Morgan fingerprint density at radius 3 is 2.50 bits per heavy atom. The van der Waals surface area contributed by atoms with Crippen LogP contribution in [0.4, 0.5) is 13.2 Å². The minimum atomic E-state index is -4.50. The molecule has 1 aliphatic rings. The van der Waals surface area contributed by atoms with Crippen LogP contribution in [0.25, 0.3) is 0 Å². The van der Waals surface area contributed by atoms with E-state index in [1.54, 1.807) is 5.32 Å². The normalized spacial score (nSPS) is 18.5. The summed E-state index contributed by atoms with van der Waals surface area (Å²) >= 11 is 0. The molecule has 1 aromatic rings. The number of benzene rings is 1. The van der Waals surface area contributed by atoms with Gasteiger partial charge in [-0.1, -0.05) is 0 Å². The van der Waals surface area contributed by atoms with E-state index in [4.69, 9.17) is 0 Å². The highest BCUT2D eigenvalue weighted by Crippen LogP contribution is 2.15. The highest BCUT2D eigenvalue weighted by molar-refractivity contribution is 7.89. The summed E-state index contributed by atoms with van der Waals surface area (Å²) in [4.78, 5) is 11.6. The van der Waals surface area contributed by atoms with Gasteiger partial charge in [-0.2, -0.15) is 13.2 Å². The van der Waals surface area contributed by atoms with E-state index >= 15 is 0 Å². The number of hydrogen-bond acceptors (Lipinski definition) is 4. The lowest BCUT2D eigenvalue weighted by molar-refractivity contribution is -0.123. The molecule has 0 bridgehead atoms. The van der Waals surface area contributed by atoms with Crippen molar-refractivity contribution in [2.45, 2.75) is 30.3 Å². The van der Waals surface area contributed by atoms with Crippen molar-refractivity contribution in [3.63, 3.8) is 0 Å². The van der Waals surface area contributed by atoms with Crippen molar-refractivity contribution in [3.8, 4) is 0 Å². The Bertz CT molecular complexity index is 700. The fraction of sp³-hybridized carbons (Fsp3) is 0.562. The summed E-state index contributed by atoms with van der Waals surface area (Å²) in [6.45, 7) is 0.737. The van der Waals surface area contributed by atoms with E-state index in [9.17, 15) is 26.4 Å². The minimum absolute atomic E-state index is 0.0355. The van der Waals surface area contributed by atoms with Crippen LogP contribution in [0.2, 0.25) is 0 Å². The molecule has 1 aliphatic heterocycles. The number of piperidine rings is 1. The van der Waals surface area contributed by atoms with Crippen LogP contribution in [0, 0.1) is 5.92 Å². The maximum Gasteiger partial charge on any atom is 0.405 e. The molecule has 0 aromatic heterocycles. The largest absolute Gasteiger partial charge is 0.405 e. The lowest BCUT2D eigenvalue weighted by atomic mass is 9.96. The van der Waals surface area contributed by atoms with Crippen LogP contribution in [0.15, 0.2) is 29.2 Å². The molecule has 0 saturated carbocycles. The summed E-state index contributed by atoms with van der Waals surface area (Å²) in [5, 5.41) is 5.00. The number of nitrogens with one attached hydrogen (secondary N) is 3. The third-order valence-electron chi connectivity index (χ3n) is 4.12. The Morgan fingerprint density at radius 1 is 1.23 bits per heavy atom. The molecular weight excluding hydrogens is 371 g/mol. The molecule has 1 heterocycles. The topological polar surface area (TPSA) is 87.3 Å². The standard InChI is InChI=1S/C16H22F3N3O3S/c17-16(18,19)11-21-15(23)13-3-5-14(6-4-13)26(24,25)22-9-7-12-2-1-8-20-10-12/h3-6,12,20,22H,1-2,7-11H2,(H,21,23). The van der Waals surface area contributed by atoms with E-state index < -0.39 is 28.7 Å². The summed E-state index contributed by atoms with van der Waals surface area (Å²) < 4.78 is 63.3. The fourth-order valence-electron chi connectivity index (χ4n) is 2.72. The monoisotopic (exact) mass is 393 g/mol. The molecule has 1 unspecified atom stereocenters. The van der Waals surface area contributed by atoms with Crippen molar-refractivity contribution in [1.82, 2.24) is 15.4 Å². The molecule has 1 aromatic carbocycles. The number of amides is 1. The Kier molecular flexibility index (Phi) is 7.01. The van der Waals surface area contributed by atoms with Crippen LogP contribution in [0.1, 0.15) is 29.6 Å². The summed E-state index contributed by atoms with van der Waals surface area (Å²) in [7, 11) is -3.72. The lowest BCUT2D eigenvalue weighted by Gasteiger charge is -2.22. The minimum Gasteiger partial charge on any atom is -0.343 e. The third-order valence-corrected chi connectivity index (χ3v) is 5.60. The SMILES string of the molecule is O=C(NCC(F)(F)F)c1ccc(S(=O)(=O)NCCC2CCCNC2)cc1. The zero-order valence-electron chi connectivity index (χ0n) is 14.1. The van der Waals surface area contributed by atoms with Crippen LogP contribution in [0.5, 0.6) is 0 Å². The molecule has 1 amide bonds. The summed E-state index contributed by atoms with van der Waals surface area (Å²) in [5.74, 6) is -0.477. The van der Waals surface area contributed by atoms with Crippen molar-refractivity contribution >= 4 is 15.9 Å². The third kappa shape index (κ3) is 6.58. The van der Waals surface area contributed by atoms with Gasteiger partial charge in [-0.15, -0.1) is 0 Å². The number of rotatable bonds is 7. The Morgan fingerprint density at radius 2 is 1.92 bits per heavy atom. The number of alkyl halides is 3. The van der Waals surface area contributed by atoms with Crippen LogP contribution >= 0.6 is 0 Å². The van der Waals surface area contributed by atoms with Gasteiger partial charge in [0.05, 0.1) is 4.90 Å². The second-order valence-corrected chi connectivity index (χ2v) is 7.99. The molecule has 1 atom stereocenters. The highest BCUT2D eigenvalue weighted by Gasteiger charge is 2.28. The van der Waals surface area contributed by atoms with Gasteiger partial charge in [0.25, 0.3) is 5.91 Å². The number of carbonyl (C=O) groups excluding carboxylic acids is 1. The Hall–Kier alpha value is -1.65. The van der Waals surface area contributed by atoms with Crippen molar-refractivity contribution in [1.29, 1.82) is 0 Å². The number of carbonyl (C=O) groups is 1. The van der Waals surface area contributed by atoms with Gasteiger partial charge in [0.2, 0.25) is 10.0 Å². The fourth-order valence-corrected chi connectivity index (χ4v) is 3.77. The van der Waals surface area contributed by atoms with Gasteiger partial charge in [-0.3, -0.25) is 4.79 Å². The summed E-state index contributed by atoms with van der Waals surface area (Å²) in [6, 6.07) is 4.77. The first-order chi connectivity index (χ1) is 12.2. The first-order valence-electron chi connectivity index (χ1n) is 8.33.